The lowest BCUT2D eigenvalue weighted by Crippen LogP contribution is -2.49. The topological polar surface area (TPSA) is 52.7 Å². The highest BCUT2D eigenvalue weighted by molar-refractivity contribution is 5.98. The minimum atomic E-state index is -0.483. The molecular formula is C28H37N3O2. The van der Waals surface area contributed by atoms with Crippen LogP contribution in [-0.2, 0) is 5.54 Å². The maximum atomic E-state index is 13.0. The molecule has 176 valence electrons. The van der Waals surface area contributed by atoms with Crippen molar-refractivity contribution in [3.63, 3.8) is 0 Å². The third-order valence-corrected chi connectivity index (χ3v) is 7.27. The highest BCUT2D eigenvalue weighted by Crippen LogP contribution is 2.25. The van der Waals surface area contributed by atoms with Gasteiger partial charge in [-0.2, -0.15) is 0 Å². The minimum absolute atomic E-state index is 0.0667. The second-order valence-electron chi connectivity index (χ2n) is 10.3. The highest BCUT2D eigenvalue weighted by Gasteiger charge is 2.29. The summed E-state index contributed by atoms with van der Waals surface area (Å²) in [5, 5.41) is 3.10. The Hall–Kier alpha value is -2.66. The molecule has 2 amide bonds. The zero-order valence-corrected chi connectivity index (χ0v) is 20.2. The van der Waals surface area contributed by atoms with Crippen LogP contribution in [-0.4, -0.2) is 53.8 Å². The molecule has 0 bridgehead atoms. The molecule has 0 aliphatic carbocycles. The number of piperidine rings is 2. The first-order chi connectivity index (χ1) is 15.8. The highest BCUT2D eigenvalue weighted by atomic mass is 16.2. The van der Waals surface area contributed by atoms with Crippen molar-refractivity contribution in [2.75, 3.05) is 26.2 Å². The molecule has 5 nitrogen and oxygen atoms in total. The van der Waals surface area contributed by atoms with E-state index in [1.165, 1.54) is 25.9 Å². The molecule has 0 aromatic heterocycles. The summed E-state index contributed by atoms with van der Waals surface area (Å²) in [7, 11) is 0. The molecule has 2 aromatic rings. The number of hydrogen-bond acceptors (Lipinski definition) is 3. The van der Waals surface area contributed by atoms with Gasteiger partial charge in [-0.15, -0.1) is 0 Å². The van der Waals surface area contributed by atoms with Gasteiger partial charge in [0.05, 0.1) is 5.54 Å². The Bertz CT molecular complexity index is 947. The van der Waals surface area contributed by atoms with Crippen LogP contribution < -0.4 is 5.32 Å². The predicted octanol–water partition coefficient (Wildman–Crippen LogP) is 4.69. The van der Waals surface area contributed by atoms with Crippen molar-refractivity contribution >= 4 is 11.8 Å². The summed E-state index contributed by atoms with van der Waals surface area (Å²) >= 11 is 0. The van der Waals surface area contributed by atoms with Crippen molar-refractivity contribution in [3.8, 4) is 0 Å². The monoisotopic (exact) mass is 447 g/mol. The molecule has 2 fully saturated rings. The van der Waals surface area contributed by atoms with Crippen molar-refractivity contribution in [3.05, 3.63) is 71.3 Å². The first kappa shape index (κ1) is 23.5. The fourth-order valence-corrected chi connectivity index (χ4v) is 5.22. The molecule has 2 aliphatic heterocycles. The van der Waals surface area contributed by atoms with Gasteiger partial charge in [-0.25, -0.2) is 0 Å². The van der Waals surface area contributed by atoms with Crippen molar-refractivity contribution in [1.82, 2.24) is 15.1 Å². The summed E-state index contributed by atoms with van der Waals surface area (Å²) in [4.78, 5) is 30.5. The maximum absolute atomic E-state index is 13.0. The number of hydrogen-bond donors (Lipinski definition) is 1. The van der Waals surface area contributed by atoms with Gasteiger partial charge in [0.1, 0.15) is 0 Å². The third kappa shape index (κ3) is 5.64. The Morgan fingerprint density at radius 2 is 1.52 bits per heavy atom. The molecule has 4 rings (SSSR count). The summed E-state index contributed by atoms with van der Waals surface area (Å²) in [6.45, 7) is 10.3. The lowest BCUT2D eigenvalue weighted by Gasteiger charge is -2.41. The number of carbonyl (C=O) groups is 2. The lowest BCUT2D eigenvalue weighted by atomic mass is 9.94. The quantitative estimate of drug-likeness (QED) is 0.724. The molecule has 2 aliphatic rings. The van der Waals surface area contributed by atoms with E-state index in [4.69, 9.17) is 0 Å². The van der Waals surface area contributed by atoms with E-state index in [1.54, 1.807) is 24.3 Å². The van der Waals surface area contributed by atoms with Crippen LogP contribution in [0.25, 0.3) is 0 Å². The number of nitrogens with one attached hydrogen (secondary N) is 1. The number of carbonyl (C=O) groups excluding carboxylic acids is 2. The smallest absolute Gasteiger partial charge is 0.253 e. The molecule has 0 spiro atoms. The second kappa shape index (κ2) is 10.1. The Morgan fingerprint density at radius 1 is 0.879 bits per heavy atom. The fourth-order valence-electron chi connectivity index (χ4n) is 5.22. The number of amides is 2. The molecule has 2 saturated heterocycles. The number of likely N-dealkylation sites (tertiary alicyclic amines) is 2. The molecule has 1 atom stereocenters. The second-order valence-corrected chi connectivity index (χ2v) is 10.3. The number of nitrogens with zero attached hydrogens (tertiary/aromatic N) is 2. The van der Waals surface area contributed by atoms with Crippen LogP contribution in [0.4, 0.5) is 0 Å². The lowest BCUT2D eigenvalue weighted by molar-refractivity contribution is 0.0541. The van der Waals surface area contributed by atoms with E-state index < -0.39 is 5.54 Å². The molecule has 0 radical (unpaired) electrons. The first-order valence-electron chi connectivity index (χ1n) is 12.3. The van der Waals surface area contributed by atoms with Crippen molar-refractivity contribution < 1.29 is 9.59 Å². The molecular weight excluding hydrogens is 410 g/mol. The summed E-state index contributed by atoms with van der Waals surface area (Å²) in [6.07, 6.45) is 4.73. The van der Waals surface area contributed by atoms with Gasteiger partial charge < -0.3 is 10.2 Å². The Balaban J connectivity index is 1.32. The van der Waals surface area contributed by atoms with Crippen molar-refractivity contribution in [1.29, 1.82) is 0 Å². The van der Waals surface area contributed by atoms with E-state index in [2.05, 4.69) is 17.1 Å². The fraction of sp³-hybridized carbons (Fsp3) is 0.500. The largest absolute Gasteiger partial charge is 0.343 e. The summed E-state index contributed by atoms with van der Waals surface area (Å²) in [5.41, 5.74) is 1.78. The van der Waals surface area contributed by atoms with Gasteiger partial charge in [0.2, 0.25) is 0 Å². The van der Waals surface area contributed by atoms with E-state index >= 15 is 0 Å². The van der Waals surface area contributed by atoms with Gasteiger partial charge in [0, 0.05) is 36.8 Å². The summed E-state index contributed by atoms with van der Waals surface area (Å²) < 4.78 is 0. The molecule has 2 aromatic carbocycles. The Kier molecular flexibility index (Phi) is 7.18. The SMILES string of the molecule is CC1CCCN(C2CCN(C(=O)c3ccc(C(=O)NC(C)(C)c4ccccc4)cc3)CC2)C1. The first-order valence-corrected chi connectivity index (χ1v) is 12.3. The van der Waals surface area contributed by atoms with E-state index in [0.717, 1.165) is 37.4 Å². The van der Waals surface area contributed by atoms with Crippen LogP contribution in [0.1, 0.15) is 72.7 Å². The molecule has 5 heteroatoms. The van der Waals surface area contributed by atoms with Gasteiger partial charge in [0.15, 0.2) is 0 Å². The molecule has 1 N–H and O–H groups in total. The Morgan fingerprint density at radius 3 is 2.15 bits per heavy atom. The van der Waals surface area contributed by atoms with Crippen LogP contribution in [0.5, 0.6) is 0 Å². The maximum Gasteiger partial charge on any atom is 0.253 e. The normalized spacial score (nSPS) is 20.5. The van der Waals surface area contributed by atoms with Gasteiger partial charge >= 0.3 is 0 Å². The van der Waals surface area contributed by atoms with Gasteiger partial charge in [-0.05, 0) is 81.8 Å². The average Bonchev–Trinajstić information content (AvgIpc) is 2.84. The summed E-state index contributed by atoms with van der Waals surface area (Å²) in [6, 6.07) is 17.6. The zero-order valence-electron chi connectivity index (χ0n) is 20.2. The predicted molar refractivity (Wildman–Crippen MR) is 132 cm³/mol. The van der Waals surface area contributed by atoms with E-state index in [9.17, 15) is 9.59 Å². The van der Waals surface area contributed by atoms with Gasteiger partial charge in [-0.1, -0.05) is 37.3 Å². The van der Waals surface area contributed by atoms with Crippen molar-refractivity contribution in [2.45, 2.75) is 58.0 Å². The van der Waals surface area contributed by atoms with Crippen LogP contribution in [0.15, 0.2) is 54.6 Å². The Labute approximate surface area is 198 Å². The molecule has 33 heavy (non-hydrogen) atoms. The van der Waals surface area contributed by atoms with E-state index in [1.807, 2.05) is 49.1 Å². The minimum Gasteiger partial charge on any atom is -0.343 e. The number of benzene rings is 2. The molecule has 2 heterocycles. The third-order valence-electron chi connectivity index (χ3n) is 7.27. The number of rotatable bonds is 5. The molecule has 0 saturated carbocycles. The van der Waals surface area contributed by atoms with Crippen LogP contribution in [0.2, 0.25) is 0 Å². The standard InChI is InChI=1S/C28H37N3O2/c1-21-8-7-17-31(20-21)25-15-18-30(19-16-25)27(33)23-13-11-22(12-14-23)26(32)29-28(2,3)24-9-5-4-6-10-24/h4-6,9-14,21,25H,7-8,15-20H2,1-3H3,(H,29,32). The van der Waals surface area contributed by atoms with Gasteiger partial charge in [0.25, 0.3) is 11.8 Å². The van der Waals surface area contributed by atoms with Gasteiger partial charge in [-0.3, -0.25) is 14.5 Å². The zero-order chi connectivity index (χ0) is 23.4. The average molecular weight is 448 g/mol. The van der Waals surface area contributed by atoms with Crippen molar-refractivity contribution in [2.24, 2.45) is 5.92 Å². The van der Waals surface area contributed by atoms with Crippen LogP contribution in [0.3, 0.4) is 0 Å². The molecule has 1 unspecified atom stereocenters. The van der Waals surface area contributed by atoms with Crippen LogP contribution in [0, 0.1) is 5.92 Å². The summed E-state index contributed by atoms with van der Waals surface area (Å²) in [5.74, 6) is 0.712. The van der Waals surface area contributed by atoms with Crippen LogP contribution >= 0.6 is 0 Å². The van der Waals surface area contributed by atoms with E-state index in [-0.39, 0.29) is 11.8 Å². The van der Waals surface area contributed by atoms with E-state index in [0.29, 0.717) is 17.2 Å².